The average molecular weight is 436 g/mol. The van der Waals surface area contributed by atoms with Crippen molar-refractivity contribution in [2.75, 3.05) is 0 Å². The van der Waals surface area contributed by atoms with E-state index < -0.39 is 0 Å². The standard InChI is InChI=1S/2C10H14O.Ba/c2*1-8(2)6-9-4-3-5-10(11)7-9;/h2*3-5,7-8,11H,6H2,1-2H3;/q;;+2/p-2. The molecule has 2 nitrogen and oxygen atoms in total. The first-order valence-electron chi connectivity index (χ1n) is 7.88. The van der Waals surface area contributed by atoms with Crippen LogP contribution in [0.1, 0.15) is 38.8 Å². The van der Waals surface area contributed by atoms with E-state index in [0.717, 1.165) is 24.0 Å². The molecule has 0 saturated carbocycles. The first-order chi connectivity index (χ1) is 10.4. The Bertz CT molecular complexity index is 514. The van der Waals surface area contributed by atoms with Gasteiger partial charge in [-0.25, -0.2) is 0 Å². The Balaban J connectivity index is 0.000000403. The summed E-state index contributed by atoms with van der Waals surface area (Å²) in [5.41, 5.74) is 2.29. The van der Waals surface area contributed by atoms with Crippen LogP contribution in [-0.4, -0.2) is 48.9 Å². The molecule has 0 amide bonds. The van der Waals surface area contributed by atoms with Crippen molar-refractivity contribution in [1.29, 1.82) is 0 Å². The molecular formula is C20H26BaO2. The fraction of sp³-hybridized carbons (Fsp3) is 0.400. The zero-order valence-electron chi connectivity index (χ0n) is 14.7. The SMILES string of the molecule is CC(C)Cc1cccc([O-])c1.CC(C)Cc1cccc([O-])c1.[Ba+2]. The summed E-state index contributed by atoms with van der Waals surface area (Å²) in [6, 6.07) is 14.2. The van der Waals surface area contributed by atoms with Crippen molar-refractivity contribution in [2.45, 2.75) is 40.5 Å². The maximum absolute atomic E-state index is 10.9. The fourth-order valence-corrected chi connectivity index (χ4v) is 2.29. The molecule has 0 aliphatic carbocycles. The van der Waals surface area contributed by atoms with Crippen LogP contribution >= 0.6 is 0 Å². The van der Waals surface area contributed by atoms with Crippen molar-refractivity contribution >= 4 is 48.9 Å². The Morgan fingerprint density at radius 1 is 0.696 bits per heavy atom. The number of hydrogen-bond acceptors (Lipinski definition) is 2. The Kier molecular flexibility index (Phi) is 11.8. The molecule has 0 fully saturated rings. The maximum atomic E-state index is 10.9. The van der Waals surface area contributed by atoms with Gasteiger partial charge in [-0.1, -0.05) is 76.2 Å². The van der Waals surface area contributed by atoms with Crippen molar-refractivity contribution in [3.63, 3.8) is 0 Å². The molecule has 2 rings (SSSR count). The molecule has 0 aromatic heterocycles. The summed E-state index contributed by atoms with van der Waals surface area (Å²) in [7, 11) is 0. The molecule has 0 atom stereocenters. The summed E-state index contributed by atoms with van der Waals surface area (Å²) in [6.45, 7) is 8.60. The first kappa shape index (κ1) is 22.6. The van der Waals surface area contributed by atoms with Gasteiger partial charge < -0.3 is 10.2 Å². The molecule has 0 radical (unpaired) electrons. The molecule has 0 unspecified atom stereocenters. The van der Waals surface area contributed by atoms with Crippen LogP contribution in [0.5, 0.6) is 11.5 Å². The Labute approximate surface area is 181 Å². The number of hydrogen-bond donors (Lipinski definition) is 0. The van der Waals surface area contributed by atoms with Crippen LogP contribution in [0.3, 0.4) is 0 Å². The van der Waals surface area contributed by atoms with Crippen LogP contribution in [0, 0.1) is 11.8 Å². The summed E-state index contributed by atoms with van der Waals surface area (Å²) in [4.78, 5) is 0. The molecular weight excluding hydrogens is 410 g/mol. The fourth-order valence-electron chi connectivity index (χ4n) is 2.29. The molecule has 0 N–H and O–H groups in total. The average Bonchev–Trinajstić information content (AvgIpc) is 2.37. The van der Waals surface area contributed by atoms with Crippen molar-refractivity contribution in [2.24, 2.45) is 11.8 Å². The van der Waals surface area contributed by atoms with E-state index in [-0.39, 0.29) is 60.4 Å². The third-order valence-corrected chi connectivity index (χ3v) is 3.08. The summed E-state index contributed by atoms with van der Waals surface area (Å²) in [6.07, 6.45) is 1.99. The first-order valence-corrected chi connectivity index (χ1v) is 7.88. The third-order valence-electron chi connectivity index (χ3n) is 3.08. The van der Waals surface area contributed by atoms with Gasteiger partial charge in [-0.2, -0.15) is 0 Å². The van der Waals surface area contributed by atoms with Crippen molar-refractivity contribution in [3.05, 3.63) is 59.7 Å². The minimum absolute atomic E-state index is 0. The molecule has 0 bridgehead atoms. The molecule has 0 aliphatic heterocycles. The van der Waals surface area contributed by atoms with Crippen LogP contribution in [-0.2, 0) is 12.8 Å². The quantitative estimate of drug-likeness (QED) is 0.690. The summed E-state index contributed by atoms with van der Waals surface area (Å²) >= 11 is 0. The molecule has 0 aliphatic rings. The van der Waals surface area contributed by atoms with Crippen LogP contribution in [0.15, 0.2) is 48.5 Å². The van der Waals surface area contributed by atoms with E-state index in [1.807, 2.05) is 24.3 Å². The predicted octanol–water partition coefficient (Wildman–Crippen LogP) is 3.54. The summed E-state index contributed by atoms with van der Waals surface area (Å²) < 4.78 is 0. The van der Waals surface area contributed by atoms with Gasteiger partial charge in [-0.15, -0.1) is 11.5 Å². The molecule has 120 valence electrons. The van der Waals surface area contributed by atoms with Crippen LogP contribution in [0.2, 0.25) is 0 Å². The van der Waals surface area contributed by atoms with E-state index >= 15 is 0 Å². The van der Waals surface area contributed by atoms with Gasteiger partial charge in [0.05, 0.1) is 0 Å². The normalized spacial score (nSPS) is 10.0. The summed E-state index contributed by atoms with van der Waals surface area (Å²) in [5.74, 6) is 1.47. The molecule has 3 heteroatoms. The van der Waals surface area contributed by atoms with Gasteiger partial charge in [-0.3, -0.25) is 0 Å². The Hall–Kier alpha value is -0.389. The van der Waals surface area contributed by atoms with E-state index in [1.165, 1.54) is 0 Å². The molecule has 0 heterocycles. The zero-order valence-corrected chi connectivity index (χ0v) is 19.2. The second-order valence-corrected chi connectivity index (χ2v) is 6.49. The number of rotatable bonds is 4. The van der Waals surface area contributed by atoms with E-state index in [1.54, 1.807) is 24.3 Å². The van der Waals surface area contributed by atoms with Gasteiger partial charge in [0, 0.05) is 0 Å². The second-order valence-electron chi connectivity index (χ2n) is 6.49. The van der Waals surface area contributed by atoms with Crippen LogP contribution in [0.4, 0.5) is 0 Å². The molecule has 2 aromatic rings. The molecule has 23 heavy (non-hydrogen) atoms. The van der Waals surface area contributed by atoms with Crippen molar-refractivity contribution in [3.8, 4) is 11.5 Å². The van der Waals surface area contributed by atoms with E-state index in [0.29, 0.717) is 11.8 Å². The smallest absolute Gasteiger partial charge is 0.872 e. The Morgan fingerprint density at radius 3 is 1.30 bits per heavy atom. The molecule has 2 aromatic carbocycles. The second kappa shape index (κ2) is 12.0. The number of benzene rings is 2. The largest absolute Gasteiger partial charge is 2.00 e. The molecule has 0 saturated heterocycles. The monoisotopic (exact) mass is 436 g/mol. The van der Waals surface area contributed by atoms with E-state index in [2.05, 4.69) is 27.7 Å². The topological polar surface area (TPSA) is 46.1 Å². The maximum Gasteiger partial charge on any atom is 2.00 e. The van der Waals surface area contributed by atoms with Gasteiger partial charge in [0.1, 0.15) is 0 Å². The van der Waals surface area contributed by atoms with Gasteiger partial charge in [0.25, 0.3) is 0 Å². The third kappa shape index (κ3) is 10.9. The summed E-state index contributed by atoms with van der Waals surface area (Å²) in [5, 5.41) is 21.7. The predicted molar refractivity (Wildman–Crippen MR) is 94.6 cm³/mol. The van der Waals surface area contributed by atoms with Crippen LogP contribution < -0.4 is 10.2 Å². The van der Waals surface area contributed by atoms with Crippen molar-refractivity contribution < 1.29 is 10.2 Å². The zero-order chi connectivity index (χ0) is 16.5. The van der Waals surface area contributed by atoms with Gasteiger partial charge in [0.15, 0.2) is 0 Å². The van der Waals surface area contributed by atoms with E-state index in [9.17, 15) is 10.2 Å². The van der Waals surface area contributed by atoms with Gasteiger partial charge in [-0.05, 0) is 35.8 Å². The van der Waals surface area contributed by atoms with Crippen LogP contribution in [0.25, 0.3) is 0 Å². The van der Waals surface area contributed by atoms with Gasteiger partial charge in [0.2, 0.25) is 0 Å². The minimum atomic E-state index is 0. The van der Waals surface area contributed by atoms with Gasteiger partial charge >= 0.3 is 48.9 Å². The van der Waals surface area contributed by atoms with E-state index in [4.69, 9.17) is 0 Å². The molecule has 0 spiro atoms. The Morgan fingerprint density at radius 2 is 1.04 bits per heavy atom. The van der Waals surface area contributed by atoms with Crippen molar-refractivity contribution in [1.82, 2.24) is 0 Å². The minimum Gasteiger partial charge on any atom is -0.872 e.